The molecule has 0 spiro atoms. The standard InChI is InChI=1S/C14H20N2O3/c1-15-4-6-16(7-5-15)13(17)11-9-2-3-10(8-9)12(11)14(18)19/h2-3,9-12H,4-8H2,1H3,(H,18,19)/t9-,10+,11?,12?/m0/s1. The molecule has 5 nitrogen and oxygen atoms in total. The van der Waals surface area contributed by atoms with Crippen LogP contribution in [0.2, 0.25) is 0 Å². The molecular weight excluding hydrogens is 244 g/mol. The van der Waals surface area contributed by atoms with Gasteiger partial charge in [-0.15, -0.1) is 0 Å². The fourth-order valence-corrected chi connectivity index (χ4v) is 3.73. The number of hydrogen-bond acceptors (Lipinski definition) is 3. The lowest BCUT2D eigenvalue weighted by atomic mass is 9.82. The summed E-state index contributed by atoms with van der Waals surface area (Å²) in [5, 5.41) is 9.38. The molecule has 3 rings (SSSR count). The van der Waals surface area contributed by atoms with E-state index in [9.17, 15) is 14.7 Å². The van der Waals surface area contributed by atoms with E-state index in [0.29, 0.717) is 0 Å². The number of carbonyl (C=O) groups is 2. The van der Waals surface area contributed by atoms with Gasteiger partial charge in [0.25, 0.3) is 0 Å². The highest BCUT2D eigenvalue weighted by Gasteiger charge is 2.52. The highest BCUT2D eigenvalue weighted by Crippen LogP contribution is 2.48. The molecule has 2 fully saturated rings. The van der Waals surface area contributed by atoms with E-state index in [2.05, 4.69) is 4.90 Å². The number of carboxylic acid groups (broad SMARTS) is 1. The molecule has 5 heteroatoms. The van der Waals surface area contributed by atoms with Gasteiger partial charge in [0, 0.05) is 26.2 Å². The Hall–Kier alpha value is -1.36. The van der Waals surface area contributed by atoms with E-state index in [1.807, 2.05) is 24.1 Å². The van der Waals surface area contributed by atoms with Gasteiger partial charge in [-0.1, -0.05) is 12.2 Å². The molecule has 1 saturated carbocycles. The van der Waals surface area contributed by atoms with Crippen molar-refractivity contribution < 1.29 is 14.7 Å². The van der Waals surface area contributed by atoms with Crippen LogP contribution in [0.3, 0.4) is 0 Å². The van der Waals surface area contributed by atoms with Crippen molar-refractivity contribution in [2.24, 2.45) is 23.7 Å². The third-order valence-corrected chi connectivity index (χ3v) is 4.84. The minimum absolute atomic E-state index is 0.0531. The Balaban J connectivity index is 1.75. The van der Waals surface area contributed by atoms with E-state index < -0.39 is 11.9 Å². The molecule has 1 heterocycles. The quantitative estimate of drug-likeness (QED) is 0.728. The summed E-state index contributed by atoms with van der Waals surface area (Å²) in [6, 6.07) is 0. The predicted octanol–water partition coefficient (Wildman–Crippen LogP) is 0.283. The molecular formula is C14H20N2O3. The van der Waals surface area contributed by atoms with Gasteiger partial charge in [0.1, 0.15) is 0 Å². The third-order valence-electron chi connectivity index (χ3n) is 4.84. The fourth-order valence-electron chi connectivity index (χ4n) is 3.73. The van der Waals surface area contributed by atoms with Gasteiger partial charge in [0.15, 0.2) is 0 Å². The van der Waals surface area contributed by atoms with Crippen molar-refractivity contribution in [2.45, 2.75) is 6.42 Å². The van der Waals surface area contributed by atoms with Crippen molar-refractivity contribution in [1.29, 1.82) is 0 Å². The summed E-state index contributed by atoms with van der Waals surface area (Å²) in [6.45, 7) is 3.19. The summed E-state index contributed by atoms with van der Waals surface area (Å²) in [5.41, 5.74) is 0. The highest BCUT2D eigenvalue weighted by atomic mass is 16.4. The first-order valence-electron chi connectivity index (χ1n) is 6.96. The summed E-state index contributed by atoms with van der Waals surface area (Å²) >= 11 is 0. The fraction of sp³-hybridized carbons (Fsp3) is 0.714. The molecule has 1 saturated heterocycles. The van der Waals surface area contributed by atoms with Crippen molar-refractivity contribution in [2.75, 3.05) is 33.2 Å². The summed E-state index contributed by atoms with van der Waals surface area (Å²) in [4.78, 5) is 28.1. The lowest BCUT2D eigenvalue weighted by Crippen LogP contribution is -2.51. The lowest BCUT2D eigenvalue weighted by molar-refractivity contribution is -0.151. The zero-order valence-electron chi connectivity index (χ0n) is 11.2. The number of rotatable bonds is 2. The Bertz CT molecular complexity index is 426. The van der Waals surface area contributed by atoms with E-state index in [4.69, 9.17) is 0 Å². The first-order chi connectivity index (χ1) is 9.08. The van der Waals surface area contributed by atoms with E-state index in [-0.39, 0.29) is 23.7 Å². The van der Waals surface area contributed by atoms with Gasteiger partial charge < -0.3 is 14.9 Å². The van der Waals surface area contributed by atoms with Crippen molar-refractivity contribution in [3.05, 3.63) is 12.2 Å². The van der Waals surface area contributed by atoms with E-state index in [1.54, 1.807) is 0 Å². The Morgan fingerprint density at radius 2 is 1.63 bits per heavy atom. The minimum Gasteiger partial charge on any atom is -0.481 e. The van der Waals surface area contributed by atoms with Crippen molar-refractivity contribution in [3.63, 3.8) is 0 Å². The third kappa shape index (κ3) is 2.06. The minimum atomic E-state index is -0.815. The zero-order chi connectivity index (χ0) is 13.6. The van der Waals surface area contributed by atoms with Gasteiger partial charge in [-0.2, -0.15) is 0 Å². The van der Waals surface area contributed by atoms with Crippen LogP contribution in [0.4, 0.5) is 0 Å². The summed E-state index contributed by atoms with van der Waals surface area (Å²) in [5.74, 6) is -1.41. The number of hydrogen-bond donors (Lipinski definition) is 1. The summed E-state index contributed by atoms with van der Waals surface area (Å²) in [6.07, 6.45) is 4.86. The SMILES string of the molecule is CN1CCN(C(=O)C2C(C(=O)O)[C@@H]3C=C[C@H]2C3)CC1. The number of allylic oxidation sites excluding steroid dienone is 2. The topological polar surface area (TPSA) is 60.9 Å². The van der Waals surface area contributed by atoms with Crippen LogP contribution in [0.1, 0.15) is 6.42 Å². The molecule has 1 aliphatic heterocycles. The number of likely N-dealkylation sites (N-methyl/N-ethyl adjacent to an activating group) is 1. The van der Waals surface area contributed by atoms with E-state index in [0.717, 1.165) is 32.6 Å². The second-order valence-electron chi connectivity index (χ2n) is 5.97. The summed E-state index contributed by atoms with van der Waals surface area (Å²) < 4.78 is 0. The molecule has 1 amide bonds. The van der Waals surface area contributed by atoms with Crippen LogP contribution >= 0.6 is 0 Å². The van der Waals surface area contributed by atoms with Crippen LogP contribution in [0, 0.1) is 23.7 Å². The van der Waals surface area contributed by atoms with Crippen molar-refractivity contribution in [3.8, 4) is 0 Å². The van der Waals surface area contributed by atoms with Gasteiger partial charge in [0.05, 0.1) is 11.8 Å². The number of piperazine rings is 1. The van der Waals surface area contributed by atoms with Crippen LogP contribution in [0.5, 0.6) is 0 Å². The smallest absolute Gasteiger partial charge is 0.307 e. The van der Waals surface area contributed by atoms with Gasteiger partial charge in [-0.3, -0.25) is 9.59 Å². The van der Waals surface area contributed by atoms with Crippen LogP contribution in [-0.2, 0) is 9.59 Å². The molecule has 0 aromatic rings. The van der Waals surface area contributed by atoms with Gasteiger partial charge in [-0.25, -0.2) is 0 Å². The molecule has 2 bridgehead atoms. The molecule has 4 atom stereocenters. The average Bonchev–Trinajstić information content (AvgIpc) is 2.98. The Labute approximate surface area is 112 Å². The molecule has 104 valence electrons. The monoisotopic (exact) mass is 264 g/mol. The second kappa shape index (κ2) is 4.63. The van der Waals surface area contributed by atoms with E-state index in [1.165, 1.54) is 0 Å². The van der Waals surface area contributed by atoms with Crippen LogP contribution in [-0.4, -0.2) is 60.0 Å². The molecule has 2 aliphatic carbocycles. The largest absolute Gasteiger partial charge is 0.481 e. The number of fused-ring (bicyclic) bond motifs is 2. The molecule has 0 aromatic heterocycles. The van der Waals surface area contributed by atoms with Gasteiger partial charge in [-0.05, 0) is 25.3 Å². The molecule has 3 aliphatic rings. The Kier molecular flexibility index (Phi) is 3.09. The molecule has 2 unspecified atom stereocenters. The zero-order valence-corrected chi connectivity index (χ0v) is 11.2. The maximum atomic E-state index is 12.6. The van der Waals surface area contributed by atoms with Crippen LogP contribution < -0.4 is 0 Å². The number of nitrogens with zero attached hydrogens (tertiary/aromatic N) is 2. The van der Waals surface area contributed by atoms with Crippen molar-refractivity contribution in [1.82, 2.24) is 9.80 Å². The van der Waals surface area contributed by atoms with Crippen LogP contribution in [0.15, 0.2) is 12.2 Å². The Morgan fingerprint density at radius 1 is 1.05 bits per heavy atom. The number of carboxylic acids is 1. The highest BCUT2D eigenvalue weighted by molar-refractivity contribution is 5.87. The second-order valence-corrected chi connectivity index (χ2v) is 5.97. The first-order valence-corrected chi connectivity index (χ1v) is 6.96. The number of amides is 1. The number of carbonyl (C=O) groups excluding carboxylic acids is 1. The molecule has 0 aromatic carbocycles. The lowest BCUT2D eigenvalue weighted by Gasteiger charge is -2.36. The average molecular weight is 264 g/mol. The summed E-state index contributed by atoms with van der Waals surface area (Å²) in [7, 11) is 2.04. The predicted molar refractivity (Wildman–Crippen MR) is 69.4 cm³/mol. The van der Waals surface area contributed by atoms with Gasteiger partial charge in [0.2, 0.25) is 5.91 Å². The van der Waals surface area contributed by atoms with Crippen molar-refractivity contribution >= 4 is 11.9 Å². The maximum Gasteiger partial charge on any atom is 0.307 e. The molecule has 1 N–H and O–H groups in total. The number of aliphatic carboxylic acids is 1. The van der Waals surface area contributed by atoms with E-state index >= 15 is 0 Å². The molecule has 19 heavy (non-hydrogen) atoms. The first kappa shape index (κ1) is 12.7. The molecule has 0 radical (unpaired) electrons. The normalized spacial score (nSPS) is 37.8. The maximum absolute atomic E-state index is 12.6. The van der Waals surface area contributed by atoms with Gasteiger partial charge >= 0.3 is 5.97 Å². The Morgan fingerprint density at radius 3 is 2.21 bits per heavy atom. The van der Waals surface area contributed by atoms with Crippen LogP contribution in [0.25, 0.3) is 0 Å².